The van der Waals surface area contributed by atoms with Crippen LogP contribution in [0.5, 0.6) is 11.5 Å². The molecule has 0 spiro atoms. The van der Waals surface area contributed by atoms with E-state index in [4.69, 9.17) is 9.47 Å². The van der Waals surface area contributed by atoms with Crippen molar-refractivity contribution in [3.8, 4) is 11.5 Å². The van der Waals surface area contributed by atoms with Crippen LogP contribution in [0.15, 0.2) is 18.3 Å². The Morgan fingerprint density at radius 2 is 2.06 bits per heavy atom. The average molecular weight is 247 g/mol. The van der Waals surface area contributed by atoms with Crippen LogP contribution >= 0.6 is 0 Å². The van der Waals surface area contributed by atoms with E-state index in [1.54, 1.807) is 21.1 Å². The van der Waals surface area contributed by atoms with E-state index in [9.17, 15) is 4.79 Å². The van der Waals surface area contributed by atoms with Crippen LogP contribution < -0.4 is 9.47 Å². The molecule has 18 heavy (non-hydrogen) atoms. The summed E-state index contributed by atoms with van der Waals surface area (Å²) in [5.74, 6) is 1.70. The molecule has 0 aliphatic heterocycles. The van der Waals surface area contributed by atoms with Gasteiger partial charge in [-0.3, -0.25) is 0 Å². The van der Waals surface area contributed by atoms with E-state index in [2.05, 4.69) is 4.98 Å². The molecule has 1 N–H and O–H groups in total. The molecule has 0 fully saturated rings. The number of hydrogen-bond acceptors (Lipinski definition) is 3. The van der Waals surface area contributed by atoms with Crippen LogP contribution in [0, 0.1) is 0 Å². The van der Waals surface area contributed by atoms with E-state index >= 15 is 0 Å². The van der Waals surface area contributed by atoms with Crippen LogP contribution in [0.1, 0.15) is 18.9 Å². The van der Waals surface area contributed by atoms with Crippen LogP contribution in [0.4, 0.5) is 0 Å². The molecular weight excluding hydrogens is 230 g/mol. The number of ether oxygens (including phenoxy) is 2. The number of Topliss-reactive ketones (excluding diaryl/α,β-unsaturated/α-hetero) is 1. The maximum atomic E-state index is 11.1. The van der Waals surface area contributed by atoms with Gasteiger partial charge in [-0.05, 0) is 25.0 Å². The van der Waals surface area contributed by atoms with Crippen LogP contribution in [0.25, 0.3) is 10.9 Å². The van der Waals surface area contributed by atoms with Gasteiger partial charge in [0.15, 0.2) is 0 Å². The maximum absolute atomic E-state index is 11.1. The fraction of sp³-hybridized carbons (Fsp3) is 0.357. The second-order valence-electron chi connectivity index (χ2n) is 4.27. The van der Waals surface area contributed by atoms with Crippen molar-refractivity contribution in [1.82, 2.24) is 4.98 Å². The third-order valence-corrected chi connectivity index (χ3v) is 3.01. The number of aryl methyl sites for hydroxylation is 1. The molecule has 2 rings (SSSR count). The first-order chi connectivity index (χ1) is 8.65. The smallest absolute Gasteiger partial charge is 0.146 e. The second-order valence-corrected chi connectivity index (χ2v) is 4.27. The highest BCUT2D eigenvalue weighted by Crippen LogP contribution is 2.32. The summed E-state index contributed by atoms with van der Waals surface area (Å²) in [5, 5.41) is 1.05. The van der Waals surface area contributed by atoms with Gasteiger partial charge in [0, 0.05) is 24.1 Å². The molecule has 0 aliphatic rings. The van der Waals surface area contributed by atoms with E-state index < -0.39 is 0 Å². The summed E-state index contributed by atoms with van der Waals surface area (Å²) >= 11 is 0. The van der Waals surface area contributed by atoms with E-state index in [0.29, 0.717) is 6.42 Å². The number of carbonyl (C=O) groups is 1. The molecular formula is C14H17NO3. The minimum Gasteiger partial charge on any atom is -0.497 e. The summed E-state index contributed by atoms with van der Waals surface area (Å²) < 4.78 is 10.6. The molecule has 0 unspecified atom stereocenters. The number of nitrogens with one attached hydrogen (secondary N) is 1. The summed E-state index contributed by atoms with van der Waals surface area (Å²) in [5.41, 5.74) is 2.05. The second kappa shape index (κ2) is 5.12. The summed E-state index contributed by atoms with van der Waals surface area (Å²) in [7, 11) is 3.26. The number of benzene rings is 1. The van der Waals surface area contributed by atoms with Crippen molar-refractivity contribution in [3.05, 3.63) is 23.9 Å². The normalized spacial score (nSPS) is 10.6. The molecule has 96 valence electrons. The number of H-pyrrole nitrogens is 1. The number of aromatic amines is 1. The van der Waals surface area contributed by atoms with Crippen molar-refractivity contribution < 1.29 is 14.3 Å². The van der Waals surface area contributed by atoms with Crippen molar-refractivity contribution in [2.75, 3.05) is 14.2 Å². The lowest BCUT2D eigenvalue weighted by atomic mass is 10.1. The van der Waals surface area contributed by atoms with Crippen molar-refractivity contribution >= 4 is 16.7 Å². The highest BCUT2D eigenvalue weighted by atomic mass is 16.5. The van der Waals surface area contributed by atoms with Gasteiger partial charge >= 0.3 is 0 Å². The predicted octanol–water partition coefficient (Wildman–Crippen LogP) is 2.71. The Labute approximate surface area is 106 Å². The van der Waals surface area contributed by atoms with Crippen LogP contribution in [-0.4, -0.2) is 25.0 Å². The molecule has 0 saturated heterocycles. The summed E-state index contributed by atoms with van der Waals surface area (Å²) in [6.45, 7) is 1.61. The summed E-state index contributed by atoms with van der Waals surface area (Å²) in [4.78, 5) is 14.3. The fourth-order valence-corrected chi connectivity index (χ4v) is 2.03. The molecule has 0 aliphatic carbocycles. The first kappa shape index (κ1) is 12.5. The molecule has 0 saturated carbocycles. The monoisotopic (exact) mass is 247 g/mol. The summed E-state index contributed by atoms with van der Waals surface area (Å²) in [6.07, 6.45) is 3.20. The molecule has 1 heterocycles. The Bertz CT molecular complexity index is 572. The SMILES string of the molecule is COc1cc(OC)c2[nH]cc(CCC(C)=O)c2c1. The zero-order chi connectivity index (χ0) is 13.1. The number of aromatic nitrogens is 1. The Balaban J connectivity index is 2.46. The van der Waals surface area contributed by atoms with E-state index in [0.717, 1.165) is 34.4 Å². The Morgan fingerprint density at radius 1 is 1.28 bits per heavy atom. The van der Waals surface area contributed by atoms with Gasteiger partial charge in [-0.15, -0.1) is 0 Å². The molecule has 1 aromatic heterocycles. The number of carbonyl (C=O) groups excluding carboxylic acids is 1. The van der Waals surface area contributed by atoms with E-state index in [1.165, 1.54) is 0 Å². The molecule has 0 atom stereocenters. The minimum atomic E-state index is 0.194. The minimum absolute atomic E-state index is 0.194. The molecule has 1 aromatic carbocycles. The molecule has 4 nitrogen and oxygen atoms in total. The highest BCUT2D eigenvalue weighted by molar-refractivity contribution is 5.90. The van der Waals surface area contributed by atoms with Crippen LogP contribution in [-0.2, 0) is 11.2 Å². The van der Waals surface area contributed by atoms with E-state index in [-0.39, 0.29) is 5.78 Å². The lowest BCUT2D eigenvalue weighted by Crippen LogP contribution is -1.93. The quantitative estimate of drug-likeness (QED) is 0.883. The van der Waals surface area contributed by atoms with Crippen molar-refractivity contribution in [3.63, 3.8) is 0 Å². The largest absolute Gasteiger partial charge is 0.497 e. The van der Waals surface area contributed by atoms with E-state index in [1.807, 2.05) is 18.3 Å². The topological polar surface area (TPSA) is 51.3 Å². The predicted molar refractivity (Wildman–Crippen MR) is 70.4 cm³/mol. The van der Waals surface area contributed by atoms with Gasteiger partial charge in [-0.2, -0.15) is 0 Å². The first-order valence-corrected chi connectivity index (χ1v) is 5.87. The van der Waals surface area contributed by atoms with Crippen molar-refractivity contribution in [1.29, 1.82) is 0 Å². The molecule has 0 radical (unpaired) electrons. The summed E-state index contributed by atoms with van der Waals surface area (Å²) in [6, 6.07) is 3.80. The number of methoxy groups -OCH3 is 2. The maximum Gasteiger partial charge on any atom is 0.146 e. The zero-order valence-electron chi connectivity index (χ0n) is 10.9. The van der Waals surface area contributed by atoms with Gasteiger partial charge in [0.2, 0.25) is 0 Å². The van der Waals surface area contributed by atoms with Crippen LogP contribution in [0.2, 0.25) is 0 Å². The molecule has 0 bridgehead atoms. The third-order valence-electron chi connectivity index (χ3n) is 3.01. The average Bonchev–Trinajstić information content (AvgIpc) is 2.78. The highest BCUT2D eigenvalue weighted by Gasteiger charge is 2.11. The fourth-order valence-electron chi connectivity index (χ4n) is 2.03. The van der Waals surface area contributed by atoms with Crippen LogP contribution in [0.3, 0.4) is 0 Å². The number of fused-ring (bicyclic) bond motifs is 1. The Kier molecular flexibility index (Phi) is 3.55. The molecule has 2 aromatic rings. The van der Waals surface area contributed by atoms with Crippen molar-refractivity contribution in [2.24, 2.45) is 0 Å². The Hall–Kier alpha value is -1.97. The first-order valence-electron chi connectivity index (χ1n) is 5.87. The number of hydrogen-bond donors (Lipinski definition) is 1. The van der Waals surface area contributed by atoms with Gasteiger partial charge in [0.05, 0.1) is 19.7 Å². The van der Waals surface area contributed by atoms with Gasteiger partial charge in [-0.1, -0.05) is 0 Å². The zero-order valence-corrected chi connectivity index (χ0v) is 10.9. The third kappa shape index (κ3) is 2.32. The number of rotatable bonds is 5. The van der Waals surface area contributed by atoms with Gasteiger partial charge < -0.3 is 19.3 Å². The Morgan fingerprint density at radius 3 is 2.67 bits per heavy atom. The van der Waals surface area contributed by atoms with Gasteiger partial charge in [0.25, 0.3) is 0 Å². The lowest BCUT2D eigenvalue weighted by molar-refractivity contribution is -0.116. The molecule has 0 amide bonds. The van der Waals surface area contributed by atoms with Gasteiger partial charge in [-0.25, -0.2) is 0 Å². The van der Waals surface area contributed by atoms with Gasteiger partial charge in [0.1, 0.15) is 17.3 Å². The molecule has 4 heteroatoms. The van der Waals surface area contributed by atoms with Crippen molar-refractivity contribution in [2.45, 2.75) is 19.8 Å². The lowest BCUT2D eigenvalue weighted by Gasteiger charge is -2.06. The number of ketones is 1. The standard InChI is InChI=1S/C14H17NO3/c1-9(16)4-5-10-8-15-14-12(10)6-11(17-2)7-13(14)18-3/h6-8,15H,4-5H2,1-3H3.